The highest BCUT2D eigenvalue weighted by Crippen LogP contribution is 2.31. The Hall–Kier alpha value is -1.82. The van der Waals surface area contributed by atoms with Gasteiger partial charge in [-0.3, -0.25) is 4.79 Å². The fourth-order valence-electron chi connectivity index (χ4n) is 2.29. The summed E-state index contributed by atoms with van der Waals surface area (Å²) < 4.78 is 0. The molecular formula is C19H17ClN2OS2. The molecule has 0 radical (unpaired) electrons. The van der Waals surface area contributed by atoms with Gasteiger partial charge in [-0.25, -0.2) is 4.98 Å². The van der Waals surface area contributed by atoms with Crippen LogP contribution in [0.2, 0.25) is 5.02 Å². The van der Waals surface area contributed by atoms with Crippen LogP contribution in [0.3, 0.4) is 0 Å². The van der Waals surface area contributed by atoms with Gasteiger partial charge in [0.1, 0.15) is 0 Å². The number of aryl methyl sites for hydroxylation is 2. The zero-order valence-corrected chi connectivity index (χ0v) is 16.3. The molecule has 1 heterocycles. The maximum Gasteiger partial charge on any atom is 0.236 e. The number of hydrogen-bond acceptors (Lipinski definition) is 4. The van der Waals surface area contributed by atoms with Crippen LogP contribution in [-0.2, 0) is 4.79 Å². The number of amides is 1. The summed E-state index contributed by atoms with van der Waals surface area (Å²) in [7, 11) is 0. The van der Waals surface area contributed by atoms with Crippen LogP contribution in [-0.4, -0.2) is 16.6 Å². The van der Waals surface area contributed by atoms with Gasteiger partial charge in [-0.05, 0) is 38.1 Å². The average Bonchev–Trinajstić information content (AvgIpc) is 2.94. The average molecular weight is 389 g/mol. The van der Waals surface area contributed by atoms with Crippen molar-refractivity contribution in [3.05, 3.63) is 64.0 Å². The Bertz CT molecular complexity index is 891. The maximum atomic E-state index is 12.2. The Balaban J connectivity index is 1.64. The Morgan fingerprint density at radius 3 is 2.68 bits per heavy atom. The summed E-state index contributed by atoms with van der Waals surface area (Å²) in [4.78, 5) is 18.8. The number of benzene rings is 2. The number of aromatic nitrogens is 1. The second-order valence-corrected chi connectivity index (χ2v) is 8.27. The van der Waals surface area contributed by atoms with Crippen LogP contribution in [0.5, 0.6) is 0 Å². The number of carbonyl (C=O) groups is 1. The normalized spacial score (nSPS) is 10.7. The van der Waals surface area contributed by atoms with Crippen molar-refractivity contribution in [1.29, 1.82) is 0 Å². The van der Waals surface area contributed by atoms with Gasteiger partial charge in [0.15, 0.2) is 5.13 Å². The molecule has 2 aromatic carbocycles. The summed E-state index contributed by atoms with van der Waals surface area (Å²) in [6, 6.07) is 15.7. The molecule has 0 spiro atoms. The van der Waals surface area contributed by atoms with Crippen molar-refractivity contribution in [2.75, 3.05) is 11.1 Å². The summed E-state index contributed by atoms with van der Waals surface area (Å²) in [5.74, 6) is 0.297. The predicted octanol–water partition coefficient (Wildman–Crippen LogP) is 5.81. The quantitative estimate of drug-likeness (QED) is 0.560. The molecule has 0 aliphatic heterocycles. The van der Waals surface area contributed by atoms with Crippen molar-refractivity contribution in [3.8, 4) is 11.3 Å². The van der Waals surface area contributed by atoms with Gasteiger partial charge in [-0.1, -0.05) is 41.4 Å². The Kier molecular flexibility index (Phi) is 5.78. The van der Waals surface area contributed by atoms with E-state index >= 15 is 0 Å². The van der Waals surface area contributed by atoms with Gasteiger partial charge in [-0.15, -0.1) is 23.1 Å². The van der Waals surface area contributed by atoms with Crippen LogP contribution in [0.25, 0.3) is 11.3 Å². The lowest BCUT2D eigenvalue weighted by atomic mass is 10.1. The highest BCUT2D eigenvalue weighted by Gasteiger charge is 2.12. The van der Waals surface area contributed by atoms with Crippen molar-refractivity contribution in [3.63, 3.8) is 0 Å². The van der Waals surface area contributed by atoms with Crippen molar-refractivity contribution in [2.24, 2.45) is 0 Å². The number of carbonyl (C=O) groups excluding carboxylic acids is 1. The fourth-order valence-corrected chi connectivity index (χ4v) is 4.03. The second kappa shape index (κ2) is 8.04. The standard InChI is InChI=1S/C19H17ClN2OS2/c1-12-6-8-16(9-7-12)24-11-17(23)21-19-22-18(13(2)25-19)14-4-3-5-15(20)10-14/h3-10H,11H2,1-2H3,(H,21,22,23). The lowest BCUT2D eigenvalue weighted by Gasteiger charge is -2.03. The number of nitrogens with zero attached hydrogens (tertiary/aromatic N) is 1. The summed E-state index contributed by atoms with van der Waals surface area (Å²) in [6.45, 7) is 4.04. The molecule has 0 fully saturated rings. The van der Waals surface area contributed by atoms with Gasteiger partial charge >= 0.3 is 0 Å². The topological polar surface area (TPSA) is 42.0 Å². The molecule has 1 amide bonds. The lowest BCUT2D eigenvalue weighted by Crippen LogP contribution is -2.13. The molecule has 128 valence electrons. The van der Waals surface area contributed by atoms with E-state index in [2.05, 4.69) is 10.3 Å². The van der Waals surface area contributed by atoms with Gasteiger partial charge in [-0.2, -0.15) is 0 Å². The first-order valence-corrected chi connectivity index (χ1v) is 9.92. The molecule has 6 heteroatoms. The smallest absolute Gasteiger partial charge is 0.236 e. The van der Waals surface area contributed by atoms with Crippen LogP contribution < -0.4 is 5.32 Å². The van der Waals surface area contributed by atoms with Crippen LogP contribution in [0.1, 0.15) is 10.4 Å². The third-order valence-electron chi connectivity index (χ3n) is 3.53. The molecular weight excluding hydrogens is 372 g/mol. The van der Waals surface area contributed by atoms with Gasteiger partial charge in [0.25, 0.3) is 0 Å². The second-order valence-electron chi connectivity index (χ2n) is 5.58. The van der Waals surface area contributed by atoms with Gasteiger partial charge < -0.3 is 5.32 Å². The Morgan fingerprint density at radius 1 is 1.20 bits per heavy atom. The number of rotatable bonds is 5. The summed E-state index contributed by atoms with van der Waals surface area (Å²) >= 11 is 9.04. The van der Waals surface area contributed by atoms with E-state index in [9.17, 15) is 4.79 Å². The third-order valence-corrected chi connectivity index (χ3v) is 5.67. The minimum atomic E-state index is -0.0584. The number of hydrogen-bond donors (Lipinski definition) is 1. The molecule has 3 aromatic rings. The molecule has 0 saturated carbocycles. The number of anilines is 1. The Morgan fingerprint density at radius 2 is 1.96 bits per heavy atom. The molecule has 0 aliphatic rings. The van der Waals surface area contributed by atoms with Crippen LogP contribution in [0.15, 0.2) is 53.4 Å². The minimum absolute atomic E-state index is 0.0584. The molecule has 0 atom stereocenters. The monoisotopic (exact) mass is 388 g/mol. The van der Waals surface area contributed by atoms with Crippen molar-refractivity contribution in [2.45, 2.75) is 18.7 Å². The molecule has 3 nitrogen and oxygen atoms in total. The number of halogens is 1. The van der Waals surface area contributed by atoms with E-state index in [1.54, 1.807) is 0 Å². The first kappa shape index (κ1) is 18.0. The highest BCUT2D eigenvalue weighted by atomic mass is 35.5. The molecule has 0 saturated heterocycles. The molecule has 1 N–H and O–H groups in total. The largest absolute Gasteiger partial charge is 0.301 e. The van der Waals surface area contributed by atoms with Crippen LogP contribution in [0, 0.1) is 13.8 Å². The molecule has 3 rings (SSSR count). The lowest BCUT2D eigenvalue weighted by molar-refractivity contribution is -0.113. The number of thioether (sulfide) groups is 1. The van der Waals surface area contributed by atoms with Gasteiger partial charge in [0, 0.05) is 20.4 Å². The van der Waals surface area contributed by atoms with Gasteiger partial charge in [0.2, 0.25) is 5.91 Å². The van der Waals surface area contributed by atoms with Gasteiger partial charge in [0.05, 0.1) is 11.4 Å². The van der Waals surface area contributed by atoms with E-state index in [1.807, 2.05) is 62.4 Å². The third kappa shape index (κ3) is 4.84. The van der Waals surface area contributed by atoms with E-state index in [-0.39, 0.29) is 5.91 Å². The highest BCUT2D eigenvalue weighted by molar-refractivity contribution is 8.00. The van der Waals surface area contributed by atoms with E-state index in [4.69, 9.17) is 11.6 Å². The molecule has 25 heavy (non-hydrogen) atoms. The predicted molar refractivity (Wildman–Crippen MR) is 108 cm³/mol. The van der Waals surface area contributed by atoms with E-state index in [0.717, 1.165) is 21.0 Å². The number of thiazole rings is 1. The van der Waals surface area contributed by atoms with E-state index in [0.29, 0.717) is 15.9 Å². The van der Waals surface area contributed by atoms with E-state index in [1.165, 1.54) is 28.7 Å². The first-order valence-electron chi connectivity index (χ1n) is 7.74. The van der Waals surface area contributed by atoms with Crippen molar-refractivity contribution in [1.82, 2.24) is 4.98 Å². The molecule has 1 aromatic heterocycles. The zero-order valence-electron chi connectivity index (χ0n) is 13.9. The van der Waals surface area contributed by atoms with E-state index < -0.39 is 0 Å². The molecule has 0 unspecified atom stereocenters. The zero-order chi connectivity index (χ0) is 17.8. The molecule has 0 aliphatic carbocycles. The SMILES string of the molecule is Cc1ccc(SCC(=O)Nc2nc(-c3cccc(Cl)c3)c(C)s2)cc1. The summed E-state index contributed by atoms with van der Waals surface area (Å²) in [5, 5.41) is 4.17. The maximum absolute atomic E-state index is 12.2. The van der Waals surface area contributed by atoms with Crippen LogP contribution in [0.4, 0.5) is 5.13 Å². The summed E-state index contributed by atoms with van der Waals surface area (Å²) in [6.07, 6.45) is 0. The molecule has 0 bridgehead atoms. The van der Waals surface area contributed by atoms with Crippen LogP contribution >= 0.6 is 34.7 Å². The Labute approximate surface area is 160 Å². The minimum Gasteiger partial charge on any atom is -0.301 e. The fraction of sp³-hybridized carbons (Fsp3) is 0.158. The number of nitrogens with one attached hydrogen (secondary N) is 1. The summed E-state index contributed by atoms with van der Waals surface area (Å²) in [5.41, 5.74) is 3.02. The van der Waals surface area contributed by atoms with Crippen molar-refractivity contribution >= 4 is 45.7 Å². The van der Waals surface area contributed by atoms with Crippen molar-refractivity contribution < 1.29 is 4.79 Å². The first-order chi connectivity index (χ1) is 12.0.